The third-order valence-corrected chi connectivity index (χ3v) is 6.03. The highest BCUT2D eigenvalue weighted by Gasteiger charge is 2.30. The summed E-state index contributed by atoms with van der Waals surface area (Å²) in [4.78, 5) is 51.8. The number of ether oxygens (including phenoxy) is 1. The van der Waals surface area contributed by atoms with Gasteiger partial charge in [0.1, 0.15) is 22.9 Å². The summed E-state index contributed by atoms with van der Waals surface area (Å²) in [5.41, 5.74) is 4.53. The van der Waals surface area contributed by atoms with Crippen molar-refractivity contribution in [2.75, 3.05) is 17.3 Å². The molecule has 1 aromatic heterocycles. The van der Waals surface area contributed by atoms with Gasteiger partial charge in [-0.15, -0.1) is 0 Å². The summed E-state index contributed by atoms with van der Waals surface area (Å²) < 4.78 is 21.6. The van der Waals surface area contributed by atoms with Crippen LogP contribution in [-0.4, -0.2) is 35.4 Å². The molecular weight excluding hydrogens is 517 g/mol. The lowest BCUT2D eigenvalue weighted by atomic mass is 10.1. The van der Waals surface area contributed by atoms with Crippen molar-refractivity contribution in [2.45, 2.75) is 47.1 Å². The third kappa shape index (κ3) is 6.48. The van der Waals surface area contributed by atoms with E-state index >= 15 is 0 Å². The number of nitrogens with zero attached hydrogens (tertiary/aromatic N) is 2. The summed E-state index contributed by atoms with van der Waals surface area (Å²) in [6.45, 7) is 10.2. The van der Waals surface area contributed by atoms with Crippen LogP contribution in [0.2, 0.25) is 0 Å². The number of carbonyl (C=O) groups is 3. The van der Waals surface area contributed by atoms with Gasteiger partial charge in [-0.05, 0) is 57.5 Å². The van der Waals surface area contributed by atoms with E-state index in [2.05, 4.69) is 10.6 Å². The van der Waals surface area contributed by atoms with Crippen molar-refractivity contribution in [1.29, 1.82) is 0 Å². The molecule has 0 aliphatic rings. The fourth-order valence-corrected chi connectivity index (χ4v) is 3.84. The molecule has 214 valence electrons. The van der Waals surface area contributed by atoms with Crippen molar-refractivity contribution in [3.63, 3.8) is 0 Å². The van der Waals surface area contributed by atoms with Crippen LogP contribution in [-0.2, 0) is 16.6 Å². The Hall–Kier alpha value is -4.67. The zero-order valence-corrected chi connectivity index (χ0v) is 24.0. The number of benzene rings is 2. The summed E-state index contributed by atoms with van der Waals surface area (Å²) >= 11 is 0. The summed E-state index contributed by atoms with van der Waals surface area (Å²) in [5.74, 6) is -1.70. The van der Waals surface area contributed by atoms with Crippen LogP contribution in [0.25, 0.3) is 0 Å². The Balaban J connectivity index is 0.00000274. The minimum absolute atomic E-state index is 0.0104. The lowest BCUT2D eigenvalue weighted by Gasteiger charge is -2.27. The number of primary amides is 1. The topological polar surface area (TPSA) is 136 Å². The van der Waals surface area contributed by atoms with Crippen LogP contribution in [0.4, 0.5) is 27.3 Å². The maximum Gasteiger partial charge on any atom is 0.261 e. The quantitative estimate of drug-likeness (QED) is 0.340. The van der Waals surface area contributed by atoms with Gasteiger partial charge in [-0.25, -0.2) is 4.39 Å². The SMILES string of the molecule is CC.CNC(=O)c1c(N(C=O)c2cccc(OC(C)(C)C(N)=O)c2)c(C)c(=O)n(C)c1Nc1ccc(C)cc1F. The Kier molecular flexibility index (Phi) is 10.2. The minimum atomic E-state index is -1.34. The number of aryl methyl sites for hydroxylation is 1. The molecule has 0 aliphatic heterocycles. The van der Waals surface area contributed by atoms with E-state index in [-0.39, 0.29) is 39.8 Å². The summed E-state index contributed by atoms with van der Waals surface area (Å²) in [6, 6.07) is 10.7. The van der Waals surface area contributed by atoms with Crippen LogP contribution >= 0.6 is 0 Å². The van der Waals surface area contributed by atoms with Gasteiger partial charge in [-0.3, -0.25) is 28.6 Å². The first-order valence-corrected chi connectivity index (χ1v) is 12.6. The number of pyridine rings is 1. The molecule has 0 aliphatic carbocycles. The number of nitrogens with two attached hydrogens (primary N) is 1. The molecule has 10 nitrogen and oxygen atoms in total. The average molecular weight is 554 g/mol. The number of aromatic nitrogens is 1. The first-order valence-electron chi connectivity index (χ1n) is 12.6. The van der Waals surface area contributed by atoms with Crippen LogP contribution in [0, 0.1) is 19.7 Å². The number of hydrogen-bond donors (Lipinski definition) is 3. The summed E-state index contributed by atoms with van der Waals surface area (Å²) in [5, 5.41) is 5.38. The molecule has 0 spiro atoms. The highest BCUT2D eigenvalue weighted by Crippen LogP contribution is 2.36. The molecule has 1 heterocycles. The highest BCUT2D eigenvalue weighted by molar-refractivity contribution is 6.08. The molecule has 0 saturated heterocycles. The van der Waals surface area contributed by atoms with Gasteiger partial charge >= 0.3 is 0 Å². The van der Waals surface area contributed by atoms with Gasteiger partial charge < -0.3 is 21.1 Å². The Morgan fingerprint density at radius 3 is 2.33 bits per heavy atom. The monoisotopic (exact) mass is 553 g/mol. The number of nitrogens with one attached hydrogen (secondary N) is 2. The second kappa shape index (κ2) is 12.9. The molecule has 3 amide bonds. The molecule has 40 heavy (non-hydrogen) atoms. The molecule has 0 saturated carbocycles. The van der Waals surface area contributed by atoms with Crippen molar-refractivity contribution >= 4 is 41.1 Å². The van der Waals surface area contributed by atoms with E-state index in [0.29, 0.717) is 12.0 Å². The van der Waals surface area contributed by atoms with Crippen LogP contribution in [0.5, 0.6) is 5.75 Å². The number of anilines is 4. The Bertz CT molecular complexity index is 1480. The first-order chi connectivity index (χ1) is 18.8. The van der Waals surface area contributed by atoms with Crippen LogP contribution < -0.4 is 31.6 Å². The predicted octanol–water partition coefficient (Wildman–Crippen LogP) is 4.21. The van der Waals surface area contributed by atoms with Crippen molar-refractivity contribution in [1.82, 2.24) is 9.88 Å². The second-order valence-electron chi connectivity index (χ2n) is 9.20. The number of hydrogen-bond acceptors (Lipinski definition) is 6. The van der Waals surface area contributed by atoms with E-state index in [4.69, 9.17) is 10.5 Å². The van der Waals surface area contributed by atoms with Gasteiger partial charge in [0.05, 0.1) is 17.1 Å². The van der Waals surface area contributed by atoms with E-state index in [0.717, 1.165) is 4.90 Å². The van der Waals surface area contributed by atoms with E-state index in [1.54, 1.807) is 31.2 Å². The van der Waals surface area contributed by atoms with Gasteiger partial charge in [0.25, 0.3) is 17.4 Å². The lowest BCUT2D eigenvalue weighted by Crippen LogP contribution is -2.43. The van der Waals surface area contributed by atoms with E-state index in [1.165, 1.54) is 57.6 Å². The molecule has 2 aromatic carbocycles. The zero-order chi connectivity index (χ0) is 30.4. The molecule has 11 heteroatoms. The van der Waals surface area contributed by atoms with Crippen LogP contribution in [0.1, 0.15) is 49.2 Å². The van der Waals surface area contributed by atoms with Crippen LogP contribution in [0.15, 0.2) is 47.3 Å². The number of rotatable bonds is 9. The standard InChI is InChI=1S/C27H30FN5O5.C2H6/c1-15-10-11-20(19(28)12-15)31-23-21(24(35)30-5)22(16(2)25(36)32(23)6)33(14-34)17-8-7-9-18(13-17)38-27(3,4)26(29)37;1-2/h7-14,31H,1-6H3,(H2,29,37)(H,30,35);1-2H3. The fraction of sp³-hybridized carbons (Fsp3) is 0.310. The second-order valence-corrected chi connectivity index (χ2v) is 9.20. The molecule has 0 fully saturated rings. The van der Waals surface area contributed by atoms with E-state index in [1.807, 2.05) is 13.8 Å². The highest BCUT2D eigenvalue weighted by atomic mass is 19.1. The fourth-order valence-electron chi connectivity index (χ4n) is 3.84. The average Bonchev–Trinajstić information content (AvgIpc) is 2.92. The van der Waals surface area contributed by atoms with Gasteiger partial charge in [-0.1, -0.05) is 26.0 Å². The zero-order valence-electron chi connectivity index (χ0n) is 24.0. The molecule has 0 atom stereocenters. The number of carbonyl (C=O) groups excluding carboxylic acids is 3. The molecular formula is C29H36FN5O5. The maximum atomic E-state index is 14.7. The molecule has 3 aromatic rings. The first kappa shape index (κ1) is 31.5. The summed E-state index contributed by atoms with van der Waals surface area (Å²) in [7, 11) is 2.83. The Morgan fingerprint density at radius 2 is 1.77 bits per heavy atom. The smallest absolute Gasteiger partial charge is 0.261 e. The third-order valence-electron chi connectivity index (χ3n) is 6.03. The number of halogens is 1. The predicted molar refractivity (Wildman–Crippen MR) is 154 cm³/mol. The molecule has 0 unspecified atom stereocenters. The van der Waals surface area contributed by atoms with Crippen molar-refractivity contribution in [2.24, 2.45) is 12.8 Å². The Morgan fingerprint density at radius 1 is 1.12 bits per heavy atom. The lowest BCUT2D eigenvalue weighted by molar-refractivity contribution is -0.130. The molecule has 0 bridgehead atoms. The maximum absolute atomic E-state index is 14.7. The van der Waals surface area contributed by atoms with Gasteiger partial charge in [-0.2, -0.15) is 0 Å². The van der Waals surface area contributed by atoms with Gasteiger partial charge in [0.15, 0.2) is 5.60 Å². The van der Waals surface area contributed by atoms with Gasteiger partial charge in [0.2, 0.25) is 6.41 Å². The largest absolute Gasteiger partial charge is 0.478 e. The Labute approximate surface area is 232 Å². The van der Waals surface area contributed by atoms with Crippen molar-refractivity contribution in [3.05, 3.63) is 75.3 Å². The van der Waals surface area contributed by atoms with Crippen molar-refractivity contribution < 1.29 is 23.5 Å². The molecule has 4 N–H and O–H groups in total. The summed E-state index contributed by atoms with van der Waals surface area (Å²) in [6.07, 6.45) is 0.447. The van der Waals surface area contributed by atoms with E-state index in [9.17, 15) is 23.6 Å². The van der Waals surface area contributed by atoms with E-state index < -0.39 is 28.8 Å². The number of amides is 3. The molecule has 3 rings (SSSR count). The van der Waals surface area contributed by atoms with Crippen LogP contribution in [0.3, 0.4) is 0 Å². The minimum Gasteiger partial charge on any atom is -0.478 e. The molecule has 0 radical (unpaired) electrons. The normalized spacial score (nSPS) is 10.6. The van der Waals surface area contributed by atoms with Gasteiger partial charge in [0, 0.05) is 25.7 Å². The van der Waals surface area contributed by atoms with Crippen molar-refractivity contribution in [3.8, 4) is 5.75 Å².